The summed E-state index contributed by atoms with van der Waals surface area (Å²) in [5, 5.41) is 8.88. The van der Waals surface area contributed by atoms with E-state index in [4.69, 9.17) is 0 Å². The minimum Gasteiger partial charge on any atom is -1.00 e. The third kappa shape index (κ3) is 10.5. The van der Waals surface area contributed by atoms with Crippen LogP contribution in [0.4, 0.5) is 22.7 Å². The second-order valence-electron chi connectivity index (χ2n) is 5.57. The molecule has 0 heterocycles. The van der Waals surface area contributed by atoms with E-state index in [-0.39, 0.29) is 55.7 Å². The quantitative estimate of drug-likeness (QED) is 0.353. The summed E-state index contributed by atoms with van der Waals surface area (Å²) >= 11 is 0. The van der Waals surface area contributed by atoms with E-state index in [1.165, 1.54) is 0 Å². The first-order chi connectivity index (χ1) is 12.9. The minimum absolute atomic E-state index is 0. The van der Waals surface area contributed by atoms with Gasteiger partial charge in [-0.05, 0) is 0 Å². The van der Waals surface area contributed by atoms with Gasteiger partial charge in [-0.3, -0.25) is 0 Å². The Morgan fingerprint density at radius 2 is 0.483 bits per heavy atom. The summed E-state index contributed by atoms with van der Waals surface area (Å²) in [4.78, 5) is 0. The smallest absolute Gasteiger partial charge is 1.00 e. The van der Waals surface area contributed by atoms with E-state index in [0.29, 0.717) is 0 Å². The van der Waals surface area contributed by atoms with Gasteiger partial charge in [-0.1, -0.05) is 121 Å². The molecule has 0 aliphatic heterocycles. The Balaban J connectivity index is 0.000000490. The van der Waals surface area contributed by atoms with Gasteiger partial charge < -0.3 is 44.6 Å². The van der Waals surface area contributed by atoms with Crippen molar-refractivity contribution in [1.82, 2.24) is 0 Å². The summed E-state index contributed by atoms with van der Waals surface area (Å²) < 4.78 is 0. The van der Waals surface area contributed by atoms with Crippen LogP contribution in [0.2, 0.25) is 0 Å². The first-order valence-corrected chi connectivity index (χ1v) is 8.54. The molecule has 0 bridgehead atoms. The molecule has 2 nitrogen and oxygen atoms in total. The fourth-order valence-electron chi connectivity index (χ4n) is 2.31. The summed E-state index contributed by atoms with van der Waals surface area (Å²) in [6.07, 6.45) is 0. The number of hydrogen-bond donors (Lipinski definition) is 0. The SMILES string of the molecule is [Br-].[Br-].[Ti+4].c1ccc([N-]c2ccccc2)cc1.c1ccc([N-]c2ccccc2)cc1. The van der Waals surface area contributed by atoms with Crippen molar-refractivity contribution in [1.29, 1.82) is 0 Å². The van der Waals surface area contributed by atoms with Crippen molar-refractivity contribution in [2.45, 2.75) is 0 Å². The molecule has 0 fully saturated rings. The van der Waals surface area contributed by atoms with Gasteiger partial charge in [0.25, 0.3) is 0 Å². The third-order valence-electron chi connectivity index (χ3n) is 3.54. The molecule has 144 valence electrons. The molecule has 0 amide bonds. The van der Waals surface area contributed by atoms with Crippen LogP contribution in [0.5, 0.6) is 0 Å². The molecule has 0 saturated carbocycles. The van der Waals surface area contributed by atoms with Crippen LogP contribution in [0.15, 0.2) is 121 Å². The molecule has 0 aliphatic carbocycles. The van der Waals surface area contributed by atoms with Crippen molar-refractivity contribution in [2.75, 3.05) is 0 Å². The van der Waals surface area contributed by atoms with Gasteiger partial charge in [-0.2, -0.15) is 0 Å². The molecule has 29 heavy (non-hydrogen) atoms. The van der Waals surface area contributed by atoms with Crippen molar-refractivity contribution in [3.8, 4) is 0 Å². The van der Waals surface area contributed by atoms with E-state index < -0.39 is 0 Å². The zero-order valence-corrected chi connectivity index (χ0v) is 20.4. The Kier molecular flexibility index (Phi) is 15.0. The Hall–Kier alpha value is -1.85. The van der Waals surface area contributed by atoms with E-state index in [2.05, 4.69) is 10.6 Å². The standard InChI is InChI=1S/2C12H10N.2BrH.Ti/c2*1-3-7-11(8-4-1)13-12-9-5-2-6-10-12;;;/h2*1-10H;2*1H;/q2*-1;;;+4/p-2. The van der Waals surface area contributed by atoms with Crippen LogP contribution in [-0.4, -0.2) is 0 Å². The molecule has 0 radical (unpaired) electrons. The monoisotopic (exact) mass is 542 g/mol. The second kappa shape index (κ2) is 16.0. The van der Waals surface area contributed by atoms with Crippen LogP contribution >= 0.6 is 0 Å². The van der Waals surface area contributed by atoms with Crippen molar-refractivity contribution in [2.24, 2.45) is 0 Å². The van der Waals surface area contributed by atoms with Gasteiger partial charge in [0.15, 0.2) is 0 Å². The molecule has 0 saturated heterocycles. The summed E-state index contributed by atoms with van der Waals surface area (Å²) in [6.45, 7) is 0. The molecule has 0 atom stereocenters. The topological polar surface area (TPSA) is 28.2 Å². The zero-order chi connectivity index (χ0) is 17.9. The van der Waals surface area contributed by atoms with E-state index in [1.54, 1.807) is 0 Å². The molecular weight excluding hydrogens is 524 g/mol. The van der Waals surface area contributed by atoms with Gasteiger partial charge in [0, 0.05) is 0 Å². The van der Waals surface area contributed by atoms with Crippen LogP contribution in [0.1, 0.15) is 0 Å². The number of rotatable bonds is 4. The normalized spacial score (nSPS) is 8.55. The Labute approximate surface area is 209 Å². The predicted octanol–water partition coefficient (Wildman–Crippen LogP) is 2.05. The Bertz CT molecular complexity index is 725. The number of benzene rings is 4. The Morgan fingerprint density at radius 1 is 0.310 bits per heavy atom. The average Bonchev–Trinajstić information content (AvgIpc) is 2.72. The molecule has 4 aromatic rings. The summed E-state index contributed by atoms with van der Waals surface area (Å²) in [7, 11) is 0. The van der Waals surface area contributed by atoms with Crippen LogP contribution in [-0.2, 0) is 21.7 Å². The summed E-state index contributed by atoms with van der Waals surface area (Å²) in [6, 6.07) is 39.8. The van der Waals surface area contributed by atoms with Gasteiger partial charge in [-0.15, -0.1) is 22.7 Å². The van der Waals surface area contributed by atoms with Gasteiger partial charge in [0.05, 0.1) is 0 Å². The number of halogens is 2. The maximum Gasteiger partial charge on any atom is 4.00 e. The molecule has 4 rings (SSSR count). The van der Waals surface area contributed by atoms with E-state index in [0.717, 1.165) is 22.7 Å². The molecule has 5 heteroatoms. The fourth-order valence-corrected chi connectivity index (χ4v) is 2.31. The molecule has 4 aromatic carbocycles. The number of hydrogen-bond acceptors (Lipinski definition) is 0. The van der Waals surface area contributed by atoms with Gasteiger partial charge >= 0.3 is 21.7 Å². The van der Waals surface area contributed by atoms with Crippen molar-refractivity contribution in [3.63, 3.8) is 0 Å². The van der Waals surface area contributed by atoms with Gasteiger partial charge in [-0.25, -0.2) is 0 Å². The number of nitrogens with zero attached hydrogens (tertiary/aromatic N) is 2. The first kappa shape index (κ1) is 27.2. The van der Waals surface area contributed by atoms with E-state index >= 15 is 0 Å². The van der Waals surface area contributed by atoms with Gasteiger partial charge in [0.2, 0.25) is 0 Å². The van der Waals surface area contributed by atoms with Crippen LogP contribution in [0.3, 0.4) is 0 Å². The molecule has 0 spiro atoms. The summed E-state index contributed by atoms with van der Waals surface area (Å²) in [5.74, 6) is 0. The third-order valence-corrected chi connectivity index (χ3v) is 3.54. The maximum absolute atomic E-state index is 4.44. The first-order valence-electron chi connectivity index (χ1n) is 8.54. The number of para-hydroxylation sites is 4. The molecule has 0 unspecified atom stereocenters. The van der Waals surface area contributed by atoms with Gasteiger partial charge in [0.1, 0.15) is 0 Å². The maximum atomic E-state index is 4.44. The average molecular weight is 544 g/mol. The second-order valence-corrected chi connectivity index (χ2v) is 5.57. The van der Waals surface area contributed by atoms with Crippen LogP contribution in [0, 0.1) is 0 Å². The fraction of sp³-hybridized carbons (Fsp3) is 0. The van der Waals surface area contributed by atoms with E-state index in [1.807, 2.05) is 121 Å². The van der Waals surface area contributed by atoms with Crippen LogP contribution in [0.25, 0.3) is 10.6 Å². The van der Waals surface area contributed by atoms with Crippen molar-refractivity contribution >= 4 is 22.7 Å². The van der Waals surface area contributed by atoms with Crippen LogP contribution < -0.4 is 34.0 Å². The van der Waals surface area contributed by atoms with E-state index in [9.17, 15) is 0 Å². The Morgan fingerprint density at radius 3 is 0.655 bits per heavy atom. The van der Waals surface area contributed by atoms with Crippen molar-refractivity contribution in [3.05, 3.63) is 132 Å². The molecular formula is C24H20Br2N2Ti. The molecule has 0 aliphatic rings. The minimum atomic E-state index is 0. The predicted molar refractivity (Wildman–Crippen MR) is 111 cm³/mol. The largest absolute Gasteiger partial charge is 4.00 e. The zero-order valence-electron chi connectivity index (χ0n) is 15.7. The summed E-state index contributed by atoms with van der Waals surface area (Å²) in [5.41, 5.74) is 3.98. The van der Waals surface area contributed by atoms with Crippen molar-refractivity contribution < 1.29 is 55.7 Å². The molecule has 0 aromatic heterocycles. The molecule has 0 N–H and O–H groups in total.